The van der Waals surface area contributed by atoms with Crippen molar-refractivity contribution in [3.05, 3.63) is 71.3 Å². The molecule has 1 aliphatic rings. The van der Waals surface area contributed by atoms with Gasteiger partial charge in [0.05, 0.1) is 12.4 Å². The van der Waals surface area contributed by atoms with E-state index in [4.69, 9.17) is 4.74 Å². The zero-order valence-electron chi connectivity index (χ0n) is 15.4. The average molecular weight is 388 g/mol. The molecule has 0 unspecified atom stereocenters. The van der Waals surface area contributed by atoms with Crippen molar-refractivity contribution in [2.24, 2.45) is 0 Å². The molecule has 0 saturated carbocycles. The fraction of sp³-hybridized carbons (Fsp3) is 0.350. The molecule has 144 valence electrons. The van der Waals surface area contributed by atoms with Gasteiger partial charge in [0.25, 0.3) is 5.91 Å². The van der Waals surface area contributed by atoms with Crippen molar-refractivity contribution in [3.8, 4) is 0 Å². The molecule has 6 nitrogen and oxygen atoms in total. The lowest BCUT2D eigenvalue weighted by Gasteiger charge is -2.34. The van der Waals surface area contributed by atoms with Crippen molar-refractivity contribution in [2.45, 2.75) is 12.4 Å². The van der Waals surface area contributed by atoms with Crippen LogP contribution in [0.15, 0.2) is 54.6 Å². The lowest BCUT2D eigenvalue weighted by atomic mass is 10.1. The number of piperazine rings is 1. The lowest BCUT2D eigenvalue weighted by Crippen LogP contribution is -2.50. The van der Waals surface area contributed by atoms with E-state index in [0.29, 0.717) is 38.3 Å². The van der Waals surface area contributed by atoms with Crippen LogP contribution < -0.4 is 0 Å². The fourth-order valence-electron chi connectivity index (χ4n) is 3.19. The van der Waals surface area contributed by atoms with Crippen molar-refractivity contribution in [3.63, 3.8) is 0 Å². The van der Waals surface area contributed by atoms with E-state index in [1.54, 1.807) is 18.1 Å². The Hall–Kier alpha value is -2.22. The number of benzene rings is 2. The Balaban J connectivity index is 1.61. The number of ether oxygens (including phenoxy) is 1. The SMILES string of the molecule is COCc1cccc(C(=O)N2CCN(S(=O)(=O)Cc3ccccc3)CC2)c1. The minimum Gasteiger partial charge on any atom is -0.380 e. The molecule has 1 amide bonds. The predicted molar refractivity (Wildman–Crippen MR) is 104 cm³/mol. The summed E-state index contributed by atoms with van der Waals surface area (Å²) in [6, 6.07) is 16.5. The summed E-state index contributed by atoms with van der Waals surface area (Å²) >= 11 is 0. The summed E-state index contributed by atoms with van der Waals surface area (Å²) in [6.45, 7) is 1.87. The van der Waals surface area contributed by atoms with Crippen LogP contribution in [0.4, 0.5) is 0 Å². The maximum absolute atomic E-state index is 12.7. The Kier molecular flexibility index (Phi) is 6.26. The van der Waals surface area contributed by atoms with Gasteiger partial charge in [-0.3, -0.25) is 4.79 Å². The largest absolute Gasteiger partial charge is 0.380 e. The molecular weight excluding hydrogens is 364 g/mol. The highest BCUT2D eigenvalue weighted by molar-refractivity contribution is 7.88. The second-order valence-electron chi connectivity index (χ2n) is 6.57. The molecule has 1 aliphatic heterocycles. The van der Waals surface area contributed by atoms with Gasteiger partial charge in [0.1, 0.15) is 0 Å². The van der Waals surface area contributed by atoms with Crippen LogP contribution in [0.25, 0.3) is 0 Å². The Bertz CT molecular complexity index is 876. The van der Waals surface area contributed by atoms with E-state index in [-0.39, 0.29) is 11.7 Å². The van der Waals surface area contributed by atoms with Crippen LogP contribution in [0.5, 0.6) is 0 Å². The Morgan fingerprint density at radius 1 is 0.963 bits per heavy atom. The molecule has 0 bridgehead atoms. The monoisotopic (exact) mass is 388 g/mol. The minimum absolute atomic E-state index is 0.0130. The normalized spacial score (nSPS) is 15.7. The number of amides is 1. The predicted octanol–water partition coefficient (Wildman–Crippen LogP) is 2.12. The second kappa shape index (κ2) is 8.65. The van der Waals surface area contributed by atoms with Gasteiger partial charge in [-0.1, -0.05) is 42.5 Å². The average Bonchev–Trinajstić information content (AvgIpc) is 2.68. The van der Waals surface area contributed by atoms with E-state index in [9.17, 15) is 13.2 Å². The Labute approximate surface area is 160 Å². The maximum atomic E-state index is 12.7. The standard InChI is InChI=1S/C20H24N2O4S/c1-26-15-18-8-5-9-19(14-18)20(23)21-10-12-22(13-11-21)27(24,25)16-17-6-3-2-4-7-17/h2-9,14H,10-13,15-16H2,1H3. The van der Waals surface area contributed by atoms with Gasteiger partial charge in [0.2, 0.25) is 10.0 Å². The molecule has 0 atom stereocenters. The van der Waals surface area contributed by atoms with Crippen molar-refractivity contribution >= 4 is 15.9 Å². The van der Waals surface area contributed by atoms with Crippen LogP contribution in [0.2, 0.25) is 0 Å². The van der Waals surface area contributed by atoms with Gasteiger partial charge >= 0.3 is 0 Å². The van der Waals surface area contributed by atoms with Gasteiger partial charge in [0, 0.05) is 38.9 Å². The summed E-state index contributed by atoms with van der Waals surface area (Å²) in [7, 11) is -1.77. The first-order chi connectivity index (χ1) is 13.0. The van der Waals surface area contributed by atoms with Gasteiger partial charge in [-0.15, -0.1) is 0 Å². The number of hydrogen-bond acceptors (Lipinski definition) is 4. The van der Waals surface area contributed by atoms with Crippen LogP contribution in [-0.4, -0.2) is 56.8 Å². The summed E-state index contributed by atoms with van der Waals surface area (Å²) in [5.74, 6) is -0.0889. The quantitative estimate of drug-likeness (QED) is 0.760. The van der Waals surface area contributed by atoms with Crippen LogP contribution in [0, 0.1) is 0 Å². The molecule has 1 saturated heterocycles. The van der Waals surface area contributed by atoms with Gasteiger partial charge in [0.15, 0.2) is 0 Å². The molecule has 2 aromatic rings. The molecule has 2 aromatic carbocycles. The molecule has 0 spiro atoms. The smallest absolute Gasteiger partial charge is 0.253 e. The summed E-state index contributed by atoms with van der Waals surface area (Å²) in [6.07, 6.45) is 0. The highest BCUT2D eigenvalue weighted by Gasteiger charge is 2.29. The molecular formula is C20H24N2O4S. The number of hydrogen-bond donors (Lipinski definition) is 0. The van der Waals surface area contributed by atoms with E-state index in [0.717, 1.165) is 11.1 Å². The molecule has 1 fully saturated rings. The molecule has 0 N–H and O–H groups in total. The fourth-order valence-corrected chi connectivity index (χ4v) is 4.70. The number of carbonyl (C=O) groups is 1. The summed E-state index contributed by atoms with van der Waals surface area (Å²) in [5, 5.41) is 0. The van der Waals surface area contributed by atoms with Crippen molar-refractivity contribution in [1.29, 1.82) is 0 Å². The minimum atomic E-state index is -3.39. The van der Waals surface area contributed by atoms with Crippen LogP contribution in [-0.2, 0) is 27.1 Å². The number of carbonyl (C=O) groups excluding carboxylic acids is 1. The first-order valence-electron chi connectivity index (χ1n) is 8.88. The Morgan fingerprint density at radius 2 is 1.63 bits per heavy atom. The zero-order chi connectivity index (χ0) is 19.3. The topological polar surface area (TPSA) is 66.9 Å². The molecule has 0 radical (unpaired) electrons. The van der Waals surface area contributed by atoms with E-state index < -0.39 is 10.0 Å². The number of sulfonamides is 1. The van der Waals surface area contributed by atoms with Crippen molar-refractivity contribution in [2.75, 3.05) is 33.3 Å². The van der Waals surface area contributed by atoms with E-state index in [1.165, 1.54) is 4.31 Å². The van der Waals surface area contributed by atoms with Gasteiger partial charge in [-0.2, -0.15) is 4.31 Å². The van der Waals surface area contributed by atoms with Crippen molar-refractivity contribution in [1.82, 2.24) is 9.21 Å². The van der Waals surface area contributed by atoms with Crippen LogP contribution in [0.1, 0.15) is 21.5 Å². The molecule has 1 heterocycles. The highest BCUT2D eigenvalue weighted by atomic mass is 32.2. The molecule has 27 heavy (non-hydrogen) atoms. The second-order valence-corrected chi connectivity index (χ2v) is 8.54. The molecule has 3 rings (SSSR count). The lowest BCUT2D eigenvalue weighted by molar-refractivity contribution is 0.0697. The zero-order valence-corrected chi connectivity index (χ0v) is 16.2. The molecule has 7 heteroatoms. The number of nitrogens with zero attached hydrogens (tertiary/aromatic N) is 2. The highest BCUT2D eigenvalue weighted by Crippen LogP contribution is 2.16. The first-order valence-corrected chi connectivity index (χ1v) is 10.5. The van der Waals surface area contributed by atoms with Crippen molar-refractivity contribution < 1.29 is 17.9 Å². The number of rotatable bonds is 6. The summed E-state index contributed by atoms with van der Waals surface area (Å²) in [4.78, 5) is 14.4. The van der Waals surface area contributed by atoms with Crippen LogP contribution >= 0.6 is 0 Å². The third kappa shape index (κ3) is 4.94. The van der Waals surface area contributed by atoms with Gasteiger partial charge in [-0.05, 0) is 23.3 Å². The first kappa shape index (κ1) is 19.5. The van der Waals surface area contributed by atoms with E-state index in [1.807, 2.05) is 48.5 Å². The summed E-state index contributed by atoms with van der Waals surface area (Å²) < 4.78 is 31.8. The van der Waals surface area contributed by atoms with E-state index in [2.05, 4.69) is 0 Å². The third-order valence-electron chi connectivity index (χ3n) is 4.60. The molecule has 0 aliphatic carbocycles. The summed E-state index contributed by atoms with van der Waals surface area (Å²) in [5.41, 5.74) is 2.31. The number of methoxy groups -OCH3 is 1. The maximum Gasteiger partial charge on any atom is 0.253 e. The van der Waals surface area contributed by atoms with Gasteiger partial charge in [-0.25, -0.2) is 8.42 Å². The molecule has 0 aromatic heterocycles. The van der Waals surface area contributed by atoms with E-state index >= 15 is 0 Å². The Morgan fingerprint density at radius 3 is 2.30 bits per heavy atom. The third-order valence-corrected chi connectivity index (χ3v) is 6.45. The van der Waals surface area contributed by atoms with Crippen LogP contribution in [0.3, 0.4) is 0 Å². The van der Waals surface area contributed by atoms with Gasteiger partial charge < -0.3 is 9.64 Å².